The minimum absolute atomic E-state index is 0.0548. The molecule has 2 heteroatoms. The smallest absolute Gasteiger partial charge is 0.313 e. The van der Waals surface area contributed by atoms with Crippen LogP contribution in [0.2, 0.25) is 0 Å². The standard InChI is InChI=1S/C14H20O2/c1-9(2)16-14(15)12(5)13-7-10(3)6-11(4)8-13/h6-9,12H,1-5H3. The average Bonchev–Trinajstić information content (AvgIpc) is 2.13. The molecule has 0 saturated heterocycles. The summed E-state index contributed by atoms with van der Waals surface area (Å²) in [6.45, 7) is 9.70. The van der Waals surface area contributed by atoms with Gasteiger partial charge in [-0.15, -0.1) is 0 Å². The quantitative estimate of drug-likeness (QED) is 0.730. The van der Waals surface area contributed by atoms with E-state index >= 15 is 0 Å². The van der Waals surface area contributed by atoms with Gasteiger partial charge in [0.1, 0.15) is 0 Å². The van der Waals surface area contributed by atoms with E-state index in [9.17, 15) is 4.79 Å². The van der Waals surface area contributed by atoms with Gasteiger partial charge >= 0.3 is 5.97 Å². The average molecular weight is 220 g/mol. The molecule has 0 aliphatic carbocycles. The van der Waals surface area contributed by atoms with Gasteiger partial charge in [0.25, 0.3) is 0 Å². The van der Waals surface area contributed by atoms with Crippen molar-refractivity contribution in [2.75, 3.05) is 0 Å². The zero-order valence-electron chi connectivity index (χ0n) is 10.7. The molecular weight excluding hydrogens is 200 g/mol. The fraction of sp³-hybridized carbons (Fsp3) is 0.500. The first-order valence-corrected chi connectivity index (χ1v) is 5.69. The highest BCUT2D eigenvalue weighted by Gasteiger charge is 2.18. The van der Waals surface area contributed by atoms with E-state index in [0.29, 0.717) is 0 Å². The fourth-order valence-electron chi connectivity index (χ4n) is 1.73. The number of ether oxygens (including phenoxy) is 1. The summed E-state index contributed by atoms with van der Waals surface area (Å²) in [5.74, 6) is -0.346. The molecule has 0 amide bonds. The molecule has 0 fully saturated rings. The highest BCUT2D eigenvalue weighted by molar-refractivity contribution is 5.78. The molecule has 1 aromatic carbocycles. The van der Waals surface area contributed by atoms with E-state index in [1.54, 1.807) is 0 Å². The summed E-state index contributed by atoms with van der Waals surface area (Å²) in [6.07, 6.45) is -0.0548. The van der Waals surface area contributed by atoms with Crippen LogP contribution in [0.25, 0.3) is 0 Å². The van der Waals surface area contributed by atoms with Crippen LogP contribution in [0, 0.1) is 13.8 Å². The molecule has 0 N–H and O–H groups in total. The number of hydrogen-bond acceptors (Lipinski definition) is 2. The minimum atomic E-state index is -0.194. The molecule has 16 heavy (non-hydrogen) atoms. The Morgan fingerprint density at radius 2 is 1.56 bits per heavy atom. The summed E-state index contributed by atoms with van der Waals surface area (Å²) in [7, 11) is 0. The zero-order valence-corrected chi connectivity index (χ0v) is 10.7. The Hall–Kier alpha value is -1.31. The summed E-state index contributed by atoms with van der Waals surface area (Å²) in [4.78, 5) is 11.8. The molecule has 0 aliphatic rings. The third-order valence-electron chi connectivity index (χ3n) is 2.45. The Morgan fingerprint density at radius 3 is 2.00 bits per heavy atom. The van der Waals surface area contributed by atoms with Crippen LogP contribution in [0.3, 0.4) is 0 Å². The van der Waals surface area contributed by atoms with Gasteiger partial charge in [0.2, 0.25) is 0 Å². The SMILES string of the molecule is Cc1cc(C)cc(C(C)C(=O)OC(C)C)c1. The summed E-state index contributed by atoms with van der Waals surface area (Å²) in [5, 5.41) is 0. The number of esters is 1. The first kappa shape index (κ1) is 12.8. The van der Waals surface area contributed by atoms with Crippen molar-refractivity contribution in [3.63, 3.8) is 0 Å². The second-order valence-corrected chi connectivity index (χ2v) is 4.63. The van der Waals surface area contributed by atoms with Gasteiger partial charge in [-0.25, -0.2) is 0 Å². The first-order valence-electron chi connectivity index (χ1n) is 5.69. The molecule has 0 radical (unpaired) electrons. The summed E-state index contributed by atoms with van der Waals surface area (Å²) < 4.78 is 5.21. The van der Waals surface area contributed by atoms with Gasteiger partial charge in [-0.1, -0.05) is 29.3 Å². The predicted molar refractivity (Wildman–Crippen MR) is 65.6 cm³/mol. The molecule has 0 spiro atoms. The lowest BCUT2D eigenvalue weighted by molar-refractivity contribution is -0.148. The maximum absolute atomic E-state index is 11.8. The van der Waals surface area contributed by atoms with Crippen LogP contribution in [0.5, 0.6) is 0 Å². The predicted octanol–water partition coefficient (Wildman–Crippen LogP) is 3.36. The summed E-state index contributed by atoms with van der Waals surface area (Å²) in [5.41, 5.74) is 3.39. The maximum Gasteiger partial charge on any atom is 0.313 e. The van der Waals surface area contributed by atoms with E-state index in [2.05, 4.69) is 6.07 Å². The van der Waals surface area contributed by atoms with Crippen molar-refractivity contribution in [3.8, 4) is 0 Å². The van der Waals surface area contributed by atoms with Crippen molar-refractivity contribution in [1.29, 1.82) is 0 Å². The molecule has 0 heterocycles. The Balaban J connectivity index is 2.87. The molecule has 0 saturated carbocycles. The lowest BCUT2D eigenvalue weighted by Gasteiger charge is -2.15. The normalized spacial score (nSPS) is 12.6. The molecule has 88 valence electrons. The monoisotopic (exact) mass is 220 g/mol. The number of carbonyl (C=O) groups is 1. The molecule has 1 atom stereocenters. The van der Waals surface area contributed by atoms with Gasteiger partial charge in [0, 0.05) is 0 Å². The van der Waals surface area contributed by atoms with E-state index in [1.165, 1.54) is 11.1 Å². The molecular formula is C14H20O2. The topological polar surface area (TPSA) is 26.3 Å². The van der Waals surface area contributed by atoms with E-state index in [-0.39, 0.29) is 18.0 Å². The highest BCUT2D eigenvalue weighted by atomic mass is 16.5. The number of benzene rings is 1. The van der Waals surface area contributed by atoms with Crippen LogP contribution >= 0.6 is 0 Å². The summed E-state index contributed by atoms with van der Waals surface area (Å²) in [6, 6.07) is 6.18. The van der Waals surface area contributed by atoms with Crippen LogP contribution in [-0.2, 0) is 9.53 Å². The van der Waals surface area contributed by atoms with Crippen molar-refractivity contribution in [1.82, 2.24) is 0 Å². The highest BCUT2D eigenvalue weighted by Crippen LogP contribution is 2.20. The van der Waals surface area contributed by atoms with Crippen LogP contribution in [0.15, 0.2) is 18.2 Å². The number of hydrogen-bond donors (Lipinski definition) is 0. The van der Waals surface area contributed by atoms with Gasteiger partial charge in [-0.05, 0) is 40.2 Å². The van der Waals surface area contributed by atoms with Gasteiger partial charge < -0.3 is 4.74 Å². The van der Waals surface area contributed by atoms with Gasteiger partial charge in [0.05, 0.1) is 12.0 Å². The Bertz CT molecular complexity index is 360. The molecule has 2 nitrogen and oxygen atoms in total. The molecule has 0 aliphatic heterocycles. The molecule has 0 aromatic heterocycles. The number of rotatable bonds is 3. The number of carbonyl (C=O) groups excluding carboxylic acids is 1. The second-order valence-electron chi connectivity index (χ2n) is 4.63. The Kier molecular flexibility index (Phi) is 4.11. The van der Waals surface area contributed by atoms with Crippen LogP contribution < -0.4 is 0 Å². The third-order valence-corrected chi connectivity index (χ3v) is 2.45. The van der Waals surface area contributed by atoms with E-state index < -0.39 is 0 Å². The zero-order chi connectivity index (χ0) is 12.3. The van der Waals surface area contributed by atoms with Gasteiger partial charge in [-0.2, -0.15) is 0 Å². The van der Waals surface area contributed by atoms with Crippen molar-refractivity contribution in [3.05, 3.63) is 34.9 Å². The van der Waals surface area contributed by atoms with E-state index in [4.69, 9.17) is 4.74 Å². The summed E-state index contributed by atoms with van der Waals surface area (Å²) >= 11 is 0. The minimum Gasteiger partial charge on any atom is -0.463 e. The lowest BCUT2D eigenvalue weighted by atomic mass is 9.97. The van der Waals surface area contributed by atoms with Crippen LogP contribution in [0.4, 0.5) is 0 Å². The molecule has 0 bridgehead atoms. The van der Waals surface area contributed by atoms with Gasteiger partial charge in [-0.3, -0.25) is 4.79 Å². The largest absolute Gasteiger partial charge is 0.463 e. The van der Waals surface area contributed by atoms with Crippen molar-refractivity contribution >= 4 is 5.97 Å². The molecule has 1 aromatic rings. The van der Waals surface area contributed by atoms with Crippen LogP contribution in [-0.4, -0.2) is 12.1 Å². The van der Waals surface area contributed by atoms with Crippen molar-refractivity contribution < 1.29 is 9.53 Å². The van der Waals surface area contributed by atoms with E-state index in [0.717, 1.165) is 5.56 Å². The van der Waals surface area contributed by atoms with Gasteiger partial charge in [0.15, 0.2) is 0 Å². The Labute approximate surface area is 97.6 Å². The van der Waals surface area contributed by atoms with Crippen molar-refractivity contribution in [2.45, 2.75) is 46.6 Å². The second kappa shape index (κ2) is 5.15. The Morgan fingerprint density at radius 1 is 1.06 bits per heavy atom. The fourth-order valence-corrected chi connectivity index (χ4v) is 1.73. The van der Waals surface area contributed by atoms with E-state index in [1.807, 2.05) is 46.8 Å². The van der Waals surface area contributed by atoms with Crippen molar-refractivity contribution in [2.24, 2.45) is 0 Å². The maximum atomic E-state index is 11.8. The molecule has 1 rings (SSSR count). The first-order chi connectivity index (χ1) is 7.40. The molecule has 1 unspecified atom stereocenters. The van der Waals surface area contributed by atoms with Crippen LogP contribution in [0.1, 0.15) is 43.4 Å². The number of aryl methyl sites for hydroxylation is 2. The third kappa shape index (κ3) is 3.37. The lowest BCUT2D eigenvalue weighted by Crippen LogP contribution is -2.17.